The van der Waals surface area contributed by atoms with Crippen LogP contribution < -0.4 is 4.74 Å². The Morgan fingerprint density at radius 1 is 1.25 bits per heavy atom. The second-order valence-electron chi connectivity index (χ2n) is 5.41. The molecular formula is C16H22O4. The summed E-state index contributed by atoms with van der Waals surface area (Å²) in [6, 6.07) is 5.70. The third-order valence-electron chi connectivity index (χ3n) is 4.26. The number of methoxy groups -OCH3 is 2. The summed E-state index contributed by atoms with van der Waals surface area (Å²) in [5.41, 5.74) is 1.04. The van der Waals surface area contributed by atoms with Crippen LogP contribution in [0.25, 0.3) is 0 Å². The molecule has 1 aromatic rings. The number of aliphatic carboxylic acids is 1. The molecule has 20 heavy (non-hydrogen) atoms. The van der Waals surface area contributed by atoms with Crippen molar-refractivity contribution < 1.29 is 19.4 Å². The number of carboxylic acids is 1. The van der Waals surface area contributed by atoms with E-state index in [0.29, 0.717) is 25.2 Å². The van der Waals surface area contributed by atoms with E-state index in [2.05, 4.69) is 0 Å². The first-order valence-corrected chi connectivity index (χ1v) is 7.04. The molecule has 1 aromatic carbocycles. The number of benzene rings is 1. The highest BCUT2D eigenvalue weighted by Gasteiger charge is 2.41. The number of hydrogen-bond acceptors (Lipinski definition) is 3. The summed E-state index contributed by atoms with van der Waals surface area (Å²) in [5.74, 6) is -0.0192. The largest absolute Gasteiger partial charge is 0.496 e. The lowest BCUT2D eigenvalue weighted by Gasteiger charge is -2.34. The van der Waals surface area contributed by atoms with Crippen LogP contribution in [0.5, 0.6) is 5.75 Å². The number of carbonyl (C=O) groups is 1. The molecule has 2 rings (SSSR count). The van der Waals surface area contributed by atoms with E-state index in [0.717, 1.165) is 30.4 Å². The Morgan fingerprint density at radius 3 is 2.50 bits per heavy atom. The second-order valence-corrected chi connectivity index (χ2v) is 5.41. The minimum atomic E-state index is -0.753. The highest BCUT2D eigenvalue weighted by atomic mass is 16.5. The highest BCUT2D eigenvalue weighted by molar-refractivity contribution is 5.81. The molecule has 0 aliphatic heterocycles. The van der Waals surface area contributed by atoms with Gasteiger partial charge < -0.3 is 14.6 Å². The van der Waals surface area contributed by atoms with Gasteiger partial charge in [0.2, 0.25) is 0 Å². The fourth-order valence-corrected chi connectivity index (χ4v) is 3.10. The molecule has 4 heteroatoms. The molecule has 0 radical (unpaired) electrons. The smallest absolute Gasteiger partial charge is 0.314 e. The molecule has 0 aromatic heterocycles. The Kier molecular flexibility index (Phi) is 4.65. The van der Waals surface area contributed by atoms with Crippen LogP contribution in [0.3, 0.4) is 0 Å². The molecule has 4 nitrogen and oxygen atoms in total. The van der Waals surface area contributed by atoms with E-state index in [4.69, 9.17) is 9.47 Å². The summed E-state index contributed by atoms with van der Waals surface area (Å²) in [6.07, 6.45) is 4.46. The van der Waals surface area contributed by atoms with Crippen molar-refractivity contribution in [3.63, 3.8) is 0 Å². The van der Waals surface area contributed by atoms with Crippen LogP contribution in [-0.2, 0) is 21.6 Å². The topological polar surface area (TPSA) is 55.8 Å². The van der Waals surface area contributed by atoms with Gasteiger partial charge in [0.05, 0.1) is 19.1 Å². The average molecular weight is 278 g/mol. The molecule has 1 saturated carbocycles. The molecule has 0 spiro atoms. The van der Waals surface area contributed by atoms with Gasteiger partial charge in [-0.15, -0.1) is 0 Å². The zero-order chi connectivity index (χ0) is 14.6. The number of hydrogen-bond donors (Lipinski definition) is 1. The Hall–Kier alpha value is -1.55. The zero-order valence-corrected chi connectivity index (χ0v) is 12.1. The van der Waals surface area contributed by atoms with Crippen LogP contribution in [-0.4, -0.2) is 25.3 Å². The number of rotatable bonds is 5. The minimum absolute atomic E-state index is 0.462. The first-order chi connectivity index (χ1) is 9.64. The van der Waals surface area contributed by atoms with Crippen molar-refractivity contribution >= 4 is 5.97 Å². The standard InChI is InChI=1S/C16H22O4/c1-19-11-12-6-7-13(10-14(12)20-2)16(15(17)18)8-4-3-5-9-16/h6-7,10H,3-5,8-9,11H2,1-2H3,(H,17,18). The van der Waals surface area contributed by atoms with Crippen molar-refractivity contribution in [2.24, 2.45) is 0 Å². The van der Waals surface area contributed by atoms with Gasteiger partial charge in [-0.05, 0) is 24.5 Å². The Bertz CT molecular complexity index is 475. The first kappa shape index (κ1) is 14.9. The number of carboxylic acid groups (broad SMARTS) is 1. The van der Waals surface area contributed by atoms with Gasteiger partial charge in [-0.2, -0.15) is 0 Å². The summed E-state index contributed by atoms with van der Waals surface area (Å²) in [4.78, 5) is 11.8. The van der Waals surface area contributed by atoms with Crippen LogP contribution in [0.15, 0.2) is 18.2 Å². The minimum Gasteiger partial charge on any atom is -0.496 e. The van der Waals surface area contributed by atoms with Crippen molar-refractivity contribution in [2.75, 3.05) is 14.2 Å². The van der Waals surface area contributed by atoms with Gasteiger partial charge in [0.25, 0.3) is 0 Å². The van der Waals surface area contributed by atoms with Crippen molar-refractivity contribution in [1.82, 2.24) is 0 Å². The Balaban J connectivity index is 2.41. The molecule has 0 heterocycles. The predicted molar refractivity (Wildman–Crippen MR) is 76.1 cm³/mol. The quantitative estimate of drug-likeness (QED) is 0.899. The van der Waals surface area contributed by atoms with Gasteiger partial charge in [0, 0.05) is 12.7 Å². The highest BCUT2D eigenvalue weighted by Crippen LogP contribution is 2.41. The van der Waals surface area contributed by atoms with E-state index in [1.54, 1.807) is 14.2 Å². The third kappa shape index (κ3) is 2.66. The zero-order valence-electron chi connectivity index (χ0n) is 12.1. The summed E-state index contributed by atoms with van der Waals surface area (Å²) in [7, 11) is 3.24. The van der Waals surface area contributed by atoms with Gasteiger partial charge in [0.15, 0.2) is 0 Å². The molecule has 1 fully saturated rings. The van der Waals surface area contributed by atoms with E-state index in [1.807, 2.05) is 18.2 Å². The van der Waals surface area contributed by atoms with Crippen molar-refractivity contribution in [2.45, 2.75) is 44.1 Å². The molecule has 1 N–H and O–H groups in total. The van der Waals surface area contributed by atoms with E-state index in [9.17, 15) is 9.90 Å². The monoisotopic (exact) mass is 278 g/mol. The van der Waals surface area contributed by atoms with Crippen LogP contribution in [0.2, 0.25) is 0 Å². The van der Waals surface area contributed by atoms with E-state index in [1.165, 1.54) is 0 Å². The molecular weight excluding hydrogens is 256 g/mol. The molecule has 0 amide bonds. The molecule has 0 bridgehead atoms. The molecule has 1 aliphatic rings. The summed E-state index contributed by atoms with van der Waals surface area (Å²) >= 11 is 0. The third-order valence-corrected chi connectivity index (χ3v) is 4.26. The SMILES string of the molecule is COCc1ccc(C2(C(=O)O)CCCCC2)cc1OC. The van der Waals surface area contributed by atoms with Crippen molar-refractivity contribution in [3.8, 4) is 5.75 Å². The lowest BCUT2D eigenvalue weighted by molar-refractivity contribution is -0.145. The van der Waals surface area contributed by atoms with Gasteiger partial charge in [-0.1, -0.05) is 31.4 Å². The molecule has 0 atom stereocenters. The van der Waals surface area contributed by atoms with Gasteiger partial charge in [-0.25, -0.2) is 0 Å². The number of ether oxygens (including phenoxy) is 2. The lowest BCUT2D eigenvalue weighted by Crippen LogP contribution is -2.37. The molecule has 0 unspecified atom stereocenters. The van der Waals surface area contributed by atoms with Crippen molar-refractivity contribution in [1.29, 1.82) is 0 Å². The van der Waals surface area contributed by atoms with Gasteiger partial charge in [-0.3, -0.25) is 4.79 Å². The molecule has 0 saturated heterocycles. The Morgan fingerprint density at radius 2 is 1.95 bits per heavy atom. The molecule has 110 valence electrons. The fraction of sp³-hybridized carbons (Fsp3) is 0.562. The summed E-state index contributed by atoms with van der Waals surface area (Å²) < 4.78 is 10.5. The van der Waals surface area contributed by atoms with Crippen LogP contribution in [0.1, 0.15) is 43.2 Å². The maximum Gasteiger partial charge on any atom is 0.314 e. The fourth-order valence-electron chi connectivity index (χ4n) is 3.10. The maximum atomic E-state index is 11.8. The lowest BCUT2D eigenvalue weighted by atomic mass is 9.69. The summed E-state index contributed by atoms with van der Waals surface area (Å²) in [6.45, 7) is 0.462. The average Bonchev–Trinajstić information content (AvgIpc) is 2.48. The van der Waals surface area contributed by atoms with E-state index in [-0.39, 0.29) is 0 Å². The van der Waals surface area contributed by atoms with Crippen LogP contribution in [0, 0.1) is 0 Å². The normalized spacial score (nSPS) is 17.7. The van der Waals surface area contributed by atoms with Crippen LogP contribution in [0.4, 0.5) is 0 Å². The van der Waals surface area contributed by atoms with E-state index < -0.39 is 11.4 Å². The predicted octanol–water partition coefficient (Wildman–Crippen LogP) is 3.13. The van der Waals surface area contributed by atoms with E-state index >= 15 is 0 Å². The van der Waals surface area contributed by atoms with Crippen molar-refractivity contribution in [3.05, 3.63) is 29.3 Å². The first-order valence-electron chi connectivity index (χ1n) is 7.04. The molecule has 1 aliphatic carbocycles. The Labute approximate surface area is 119 Å². The van der Waals surface area contributed by atoms with Crippen LogP contribution >= 0.6 is 0 Å². The van der Waals surface area contributed by atoms with Gasteiger partial charge in [0.1, 0.15) is 5.75 Å². The second kappa shape index (κ2) is 6.27. The maximum absolute atomic E-state index is 11.8. The summed E-state index contributed by atoms with van der Waals surface area (Å²) in [5, 5.41) is 9.71. The van der Waals surface area contributed by atoms with Gasteiger partial charge >= 0.3 is 5.97 Å².